The minimum Gasteiger partial charge on any atom is -0.495 e. The third-order valence-corrected chi connectivity index (χ3v) is 3.32. The minimum absolute atomic E-state index is 0.306. The number of ether oxygens (including phenoxy) is 2. The molecule has 0 spiro atoms. The van der Waals surface area contributed by atoms with Gasteiger partial charge in [0.1, 0.15) is 17.8 Å². The molecule has 0 saturated carbocycles. The quantitative estimate of drug-likeness (QED) is 0.730. The highest BCUT2D eigenvalue weighted by Gasteiger charge is 2.30. The first-order valence-corrected chi connectivity index (χ1v) is 7.07. The fourth-order valence-electron chi connectivity index (χ4n) is 2.17. The molecule has 1 heterocycles. The van der Waals surface area contributed by atoms with Gasteiger partial charge in [0.05, 0.1) is 18.5 Å². The Morgan fingerprint density at radius 2 is 1.80 bits per heavy atom. The van der Waals surface area contributed by atoms with Crippen molar-refractivity contribution in [3.05, 3.63) is 48.8 Å². The molecular formula is C16H13F3N4O2. The van der Waals surface area contributed by atoms with Gasteiger partial charge >= 0.3 is 6.36 Å². The minimum atomic E-state index is -4.73. The fraction of sp³-hybridized carbons (Fsp3) is 0.125. The number of halogens is 3. The summed E-state index contributed by atoms with van der Waals surface area (Å²) >= 11 is 0. The van der Waals surface area contributed by atoms with Gasteiger partial charge in [0.15, 0.2) is 5.82 Å². The van der Waals surface area contributed by atoms with E-state index in [0.717, 1.165) is 0 Å². The lowest BCUT2D eigenvalue weighted by atomic mass is 10.2. The first kappa shape index (κ1) is 16.6. The molecule has 0 atom stereocenters. The molecule has 0 aliphatic heterocycles. The van der Waals surface area contributed by atoms with Crippen molar-refractivity contribution in [3.63, 3.8) is 0 Å². The van der Waals surface area contributed by atoms with Crippen LogP contribution in [0.5, 0.6) is 11.5 Å². The van der Waals surface area contributed by atoms with Gasteiger partial charge in [-0.05, 0) is 42.5 Å². The standard InChI is InChI=1S/C16H13F3N4O2/c1-24-14-8-10(2-7-13(14)20)15-21-9-23(22-15)11-3-5-12(6-4-11)25-16(17,18)19/h2-9H,20H2,1H3. The van der Waals surface area contributed by atoms with E-state index in [1.54, 1.807) is 18.2 Å². The summed E-state index contributed by atoms with van der Waals surface area (Å²) in [7, 11) is 1.51. The van der Waals surface area contributed by atoms with Crippen molar-refractivity contribution in [2.75, 3.05) is 12.8 Å². The average molecular weight is 350 g/mol. The fourth-order valence-corrected chi connectivity index (χ4v) is 2.17. The number of hydrogen-bond donors (Lipinski definition) is 1. The summed E-state index contributed by atoms with van der Waals surface area (Å²) in [5, 5.41) is 4.31. The molecular weight excluding hydrogens is 337 g/mol. The monoisotopic (exact) mass is 350 g/mol. The lowest BCUT2D eigenvalue weighted by Gasteiger charge is -2.09. The number of nitrogen functional groups attached to an aromatic ring is 1. The van der Waals surface area contributed by atoms with Gasteiger partial charge in [-0.15, -0.1) is 18.3 Å². The Morgan fingerprint density at radius 3 is 2.44 bits per heavy atom. The van der Waals surface area contributed by atoms with Crippen molar-refractivity contribution >= 4 is 5.69 Å². The van der Waals surface area contributed by atoms with Gasteiger partial charge in [-0.3, -0.25) is 0 Å². The molecule has 0 aliphatic carbocycles. The summed E-state index contributed by atoms with van der Waals surface area (Å²) < 4.78 is 47.0. The van der Waals surface area contributed by atoms with E-state index in [4.69, 9.17) is 10.5 Å². The van der Waals surface area contributed by atoms with Crippen molar-refractivity contribution in [1.29, 1.82) is 0 Å². The van der Waals surface area contributed by atoms with Crippen molar-refractivity contribution in [2.45, 2.75) is 6.36 Å². The van der Waals surface area contributed by atoms with E-state index in [0.29, 0.717) is 28.5 Å². The Hall–Kier alpha value is -3.23. The summed E-state index contributed by atoms with van der Waals surface area (Å²) in [6.07, 6.45) is -3.27. The van der Waals surface area contributed by atoms with Crippen LogP contribution >= 0.6 is 0 Å². The highest BCUT2D eigenvalue weighted by Crippen LogP contribution is 2.27. The molecule has 0 bridgehead atoms. The Bertz CT molecular complexity index is 876. The molecule has 0 aliphatic rings. The first-order valence-electron chi connectivity index (χ1n) is 7.07. The third kappa shape index (κ3) is 3.82. The molecule has 0 radical (unpaired) electrons. The Balaban J connectivity index is 1.84. The van der Waals surface area contributed by atoms with Crippen LogP contribution in [0, 0.1) is 0 Å². The van der Waals surface area contributed by atoms with E-state index >= 15 is 0 Å². The number of rotatable bonds is 4. The van der Waals surface area contributed by atoms with Gasteiger partial charge in [0.2, 0.25) is 0 Å². The normalized spacial score (nSPS) is 11.4. The van der Waals surface area contributed by atoms with Gasteiger partial charge in [-0.1, -0.05) is 0 Å². The van der Waals surface area contributed by atoms with Crippen LogP contribution in [0.25, 0.3) is 17.1 Å². The molecule has 25 heavy (non-hydrogen) atoms. The number of hydrogen-bond acceptors (Lipinski definition) is 5. The first-order chi connectivity index (χ1) is 11.9. The topological polar surface area (TPSA) is 75.2 Å². The number of methoxy groups -OCH3 is 1. The maximum absolute atomic E-state index is 12.2. The molecule has 3 rings (SSSR count). The van der Waals surface area contributed by atoms with Gasteiger partial charge in [-0.2, -0.15) is 0 Å². The van der Waals surface area contributed by atoms with Crippen LogP contribution in [0.1, 0.15) is 0 Å². The van der Waals surface area contributed by atoms with Gasteiger partial charge in [0.25, 0.3) is 0 Å². The van der Waals surface area contributed by atoms with Crippen LogP contribution in [-0.4, -0.2) is 28.2 Å². The number of alkyl halides is 3. The second kappa shape index (κ2) is 6.34. The highest BCUT2D eigenvalue weighted by molar-refractivity contribution is 5.65. The second-order valence-corrected chi connectivity index (χ2v) is 5.01. The van der Waals surface area contributed by atoms with Crippen molar-refractivity contribution in [2.24, 2.45) is 0 Å². The maximum atomic E-state index is 12.2. The summed E-state index contributed by atoms with van der Waals surface area (Å²) in [6.45, 7) is 0. The van der Waals surface area contributed by atoms with Crippen molar-refractivity contribution in [1.82, 2.24) is 14.8 Å². The smallest absolute Gasteiger partial charge is 0.495 e. The Labute approximate surface area is 140 Å². The number of nitrogens with two attached hydrogens (primary N) is 1. The lowest BCUT2D eigenvalue weighted by Crippen LogP contribution is -2.17. The highest BCUT2D eigenvalue weighted by atomic mass is 19.4. The van der Waals surface area contributed by atoms with E-state index in [9.17, 15) is 13.2 Å². The third-order valence-electron chi connectivity index (χ3n) is 3.32. The Morgan fingerprint density at radius 1 is 1.08 bits per heavy atom. The van der Waals surface area contributed by atoms with Gasteiger partial charge < -0.3 is 15.2 Å². The van der Waals surface area contributed by atoms with Gasteiger partial charge in [0, 0.05) is 5.56 Å². The molecule has 0 saturated heterocycles. The van der Waals surface area contributed by atoms with E-state index < -0.39 is 6.36 Å². The maximum Gasteiger partial charge on any atom is 0.573 e. The molecule has 2 aromatic carbocycles. The van der Waals surface area contributed by atoms with Crippen LogP contribution in [0.15, 0.2) is 48.8 Å². The zero-order valence-electron chi connectivity index (χ0n) is 13.0. The van der Waals surface area contributed by atoms with Crippen LogP contribution < -0.4 is 15.2 Å². The molecule has 0 fully saturated rings. The molecule has 3 aromatic rings. The van der Waals surface area contributed by atoms with Gasteiger partial charge in [-0.25, -0.2) is 9.67 Å². The molecule has 9 heteroatoms. The summed E-state index contributed by atoms with van der Waals surface area (Å²) in [6, 6.07) is 10.4. The summed E-state index contributed by atoms with van der Waals surface area (Å²) in [5.41, 5.74) is 7.49. The van der Waals surface area contributed by atoms with Crippen molar-refractivity contribution < 1.29 is 22.6 Å². The second-order valence-electron chi connectivity index (χ2n) is 5.01. The zero-order chi connectivity index (χ0) is 18.0. The summed E-state index contributed by atoms with van der Waals surface area (Å²) in [5.74, 6) is 0.622. The Kier molecular flexibility index (Phi) is 4.22. The van der Waals surface area contributed by atoms with E-state index in [2.05, 4.69) is 14.8 Å². The number of nitrogens with zero attached hydrogens (tertiary/aromatic N) is 3. The van der Waals surface area contributed by atoms with Crippen LogP contribution in [0.3, 0.4) is 0 Å². The number of benzene rings is 2. The van der Waals surface area contributed by atoms with Crippen molar-refractivity contribution in [3.8, 4) is 28.6 Å². The van der Waals surface area contributed by atoms with E-state index in [1.807, 2.05) is 0 Å². The number of aromatic nitrogens is 3. The zero-order valence-corrected chi connectivity index (χ0v) is 13.0. The predicted molar refractivity (Wildman–Crippen MR) is 84.4 cm³/mol. The van der Waals surface area contributed by atoms with Crippen LogP contribution in [-0.2, 0) is 0 Å². The molecule has 0 unspecified atom stereocenters. The van der Waals surface area contributed by atoms with Crippen LogP contribution in [0.4, 0.5) is 18.9 Å². The predicted octanol–water partition coefficient (Wildman–Crippen LogP) is 3.42. The molecule has 0 amide bonds. The molecule has 2 N–H and O–H groups in total. The number of anilines is 1. The average Bonchev–Trinajstić information content (AvgIpc) is 3.04. The van der Waals surface area contributed by atoms with Crippen LogP contribution in [0.2, 0.25) is 0 Å². The molecule has 130 valence electrons. The SMILES string of the molecule is COc1cc(-c2ncn(-c3ccc(OC(F)(F)F)cc3)n2)ccc1N. The molecule has 6 nitrogen and oxygen atoms in total. The van der Waals surface area contributed by atoms with E-state index in [1.165, 1.54) is 42.4 Å². The van der Waals surface area contributed by atoms with E-state index in [-0.39, 0.29) is 5.75 Å². The lowest BCUT2D eigenvalue weighted by molar-refractivity contribution is -0.274. The largest absolute Gasteiger partial charge is 0.573 e. The summed E-state index contributed by atoms with van der Waals surface area (Å²) in [4.78, 5) is 4.19. The molecule has 1 aromatic heterocycles.